The summed E-state index contributed by atoms with van der Waals surface area (Å²) >= 11 is 0. The predicted octanol–water partition coefficient (Wildman–Crippen LogP) is 2.60. The van der Waals surface area contributed by atoms with Gasteiger partial charge in [-0.05, 0) is 12.5 Å². The minimum atomic E-state index is -0.198. The van der Waals surface area contributed by atoms with E-state index >= 15 is 0 Å². The molecule has 0 radical (unpaired) electrons. The summed E-state index contributed by atoms with van der Waals surface area (Å²) in [6, 6.07) is 3.28. The summed E-state index contributed by atoms with van der Waals surface area (Å²) in [4.78, 5) is 12.1. The van der Waals surface area contributed by atoms with Crippen LogP contribution in [0.5, 0.6) is 11.5 Å². The van der Waals surface area contributed by atoms with Crippen LogP contribution in [0, 0.1) is 0 Å². The molecule has 0 fully saturated rings. The summed E-state index contributed by atoms with van der Waals surface area (Å²) in [6.45, 7) is 2.81. The fraction of sp³-hybridized carbons (Fsp3) is 0.533. The van der Waals surface area contributed by atoms with Gasteiger partial charge in [-0.25, -0.2) is 0 Å². The number of nitrogens with one attached hydrogen (secondary N) is 1. The summed E-state index contributed by atoms with van der Waals surface area (Å²) in [5.74, 6) is 0.795. The number of amides is 1. The molecule has 0 unspecified atom stereocenters. The molecule has 0 saturated heterocycles. The molecule has 5 nitrogen and oxygen atoms in total. The van der Waals surface area contributed by atoms with E-state index in [-0.39, 0.29) is 5.91 Å². The lowest BCUT2D eigenvalue weighted by atomic mass is 10.1. The molecule has 0 aliphatic rings. The quantitative estimate of drug-likeness (QED) is 0.567. The Kier molecular flexibility index (Phi) is 6.70. The lowest BCUT2D eigenvalue weighted by Gasteiger charge is -2.12. The Morgan fingerprint density at radius 3 is 2.55 bits per heavy atom. The Bertz CT molecular complexity index is 447. The third-order valence-corrected chi connectivity index (χ3v) is 3.13. The van der Waals surface area contributed by atoms with Crippen molar-refractivity contribution in [3.63, 3.8) is 0 Å². The SMILES string of the molecule is CCCCCCNC(=O)c1cc(OC)cc(OC)c1N. The van der Waals surface area contributed by atoms with Gasteiger partial charge in [0.25, 0.3) is 5.91 Å². The largest absolute Gasteiger partial charge is 0.497 e. The molecule has 0 atom stereocenters. The van der Waals surface area contributed by atoms with E-state index in [9.17, 15) is 4.79 Å². The van der Waals surface area contributed by atoms with Crippen molar-refractivity contribution in [3.8, 4) is 11.5 Å². The molecule has 20 heavy (non-hydrogen) atoms. The van der Waals surface area contributed by atoms with E-state index in [0.29, 0.717) is 29.3 Å². The molecule has 3 N–H and O–H groups in total. The Hall–Kier alpha value is -1.91. The molecule has 0 aliphatic carbocycles. The minimum absolute atomic E-state index is 0.198. The normalized spacial score (nSPS) is 10.2. The van der Waals surface area contributed by atoms with Crippen LogP contribution in [0.4, 0.5) is 5.69 Å². The predicted molar refractivity (Wildman–Crippen MR) is 80.4 cm³/mol. The molecule has 0 aromatic heterocycles. The van der Waals surface area contributed by atoms with Gasteiger partial charge in [0.2, 0.25) is 0 Å². The van der Waals surface area contributed by atoms with Crippen molar-refractivity contribution in [2.45, 2.75) is 32.6 Å². The van der Waals surface area contributed by atoms with Gasteiger partial charge in [-0.1, -0.05) is 26.2 Å². The van der Waals surface area contributed by atoms with Crippen molar-refractivity contribution in [2.24, 2.45) is 0 Å². The fourth-order valence-electron chi connectivity index (χ4n) is 1.92. The maximum Gasteiger partial charge on any atom is 0.253 e. The van der Waals surface area contributed by atoms with Crippen molar-refractivity contribution in [1.82, 2.24) is 5.32 Å². The number of carbonyl (C=O) groups excluding carboxylic acids is 1. The third kappa shape index (κ3) is 4.33. The number of benzene rings is 1. The minimum Gasteiger partial charge on any atom is -0.497 e. The van der Waals surface area contributed by atoms with E-state index in [1.807, 2.05) is 0 Å². The Labute approximate surface area is 120 Å². The number of ether oxygens (including phenoxy) is 2. The lowest BCUT2D eigenvalue weighted by Crippen LogP contribution is -2.25. The molecule has 5 heteroatoms. The average molecular weight is 280 g/mol. The van der Waals surface area contributed by atoms with Gasteiger partial charge < -0.3 is 20.5 Å². The topological polar surface area (TPSA) is 73.6 Å². The van der Waals surface area contributed by atoms with Gasteiger partial charge in [0.05, 0.1) is 25.5 Å². The highest BCUT2D eigenvalue weighted by Gasteiger charge is 2.15. The van der Waals surface area contributed by atoms with Crippen LogP contribution >= 0.6 is 0 Å². The van der Waals surface area contributed by atoms with Gasteiger partial charge in [-0.15, -0.1) is 0 Å². The molecule has 112 valence electrons. The van der Waals surface area contributed by atoms with Crippen LogP contribution in [0.15, 0.2) is 12.1 Å². The first kappa shape index (κ1) is 16.1. The van der Waals surface area contributed by atoms with Gasteiger partial charge in [0, 0.05) is 12.6 Å². The number of hydrogen-bond acceptors (Lipinski definition) is 4. The molecule has 0 heterocycles. The van der Waals surface area contributed by atoms with Crippen molar-refractivity contribution in [2.75, 3.05) is 26.5 Å². The second-order valence-corrected chi connectivity index (χ2v) is 4.61. The molecule has 0 spiro atoms. The smallest absolute Gasteiger partial charge is 0.253 e. The van der Waals surface area contributed by atoms with Gasteiger partial charge in [0.15, 0.2) is 0 Å². The summed E-state index contributed by atoms with van der Waals surface area (Å²) < 4.78 is 10.3. The second-order valence-electron chi connectivity index (χ2n) is 4.61. The van der Waals surface area contributed by atoms with Crippen LogP contribution in [0.1, 0.15) is 43.0 Å². The van der Waals surface area contributed by atoms with Gasteiger partial charge in [-0.2, -0.15) is 0 Å². The summed E-state index contributed by atoms with van der Waals surface area (Å²) in [7, 11) is 3.05. The van der Waals surface area contributed by atoms with Crippen molar-refractivity contribution in [1.29, 1.82) is 0 Å². The number of nitrogen functional groups attached to an aromatic ring is 1. The highest BCUT2D eigenvalue weighted by molar-refractivity contribution is 6.00. The maximum atomic E-state index is 12.1. The molecular weight excluding hydrogens is 256 g/mol. The van der Waals surface area contributed by atoms with Crippen LogP contribution in [0.2, 0.25) is 0 Å². The molecule has 0 saturated carbocycles. The van der Waals surface area contributed by atoms with Crippen LogP contribution in [-0.4, -0.2) is 26.7 Å². The van der Waals surface area contributed by atoms with Gasteiger partial charge in [0.1, 0.15) is 11.5 Å². The molecule has 1 aromatic carbocycles. The van der Waals surface area contributed by atoms with E-state index in [0.717, 1.165) is 12.8 Å². The monoisotopic (exact) mass is 280 g/mol. The van der Waals surface area contributed by atoms with Crippen molar-refractivity contribution in [3.05, 3.63) is 17.7 Å². The van der Waals surface area contributed by atoms with E-state index in [2.05, 4.69) is 12.2 Å². The van der Waals surface area contributed by atoms with Crippen LogP contribution in [0.3, 0.4) is 0 Å². The van der Waals surface area contributed by atoms with Crippen LogP contribution < -0.4 is 20.5 Å². The summed E-state index contributed by atoms with van der Waals surface area (Å²) in [5, 5.41) is 2.87. The van der Waals surface area contributed by atoms with Crippen LogP contribution in [0.25, 0.3) is 0 Å². The zero-order chi connectivity index (χ0) is 15.0. The second kappa shape index (κ2) is 8.30. The third-order valence-electron chi connectivity index (χ3n) is 3.13. The van der Waals surface area contributed by atoms with Crippen molar-refractivity contribution < 1.29 is 14.3 Å². The molecule has 0 bridgehead atoms. The Balaban J connectivity index is 2.71. The standard InChI is InChI=1S/C15H24N2O3/c1-4-5-6-7-8-17-15(18)12-9-11(19-2)10-13(20-3)14(12)16/h9-10H,4-8,16H2,1-3H3,(H,17,18). The van der Waals surface area contributed by atoms with Gasteiger partial charge in [-0.3, -0.25) is 4.79 Å². The van der Waals surface area contributed by atoms with E-state index in [1.165, 1.54) is 27.1 Å². The zero-order valence-corrected chi connectivity index (χ0v) is 12.5. The average Bonchev–Trinajstić information content (AvgIpc) is 2.47. The lowest BCUT2D eigenvalue weighted by molar-refractivity contribution is 0.0953. The molecule has 1 rings (SSSR count). The zero-order valence-electron chi connectivity index (χ0n) is 12.5. The Morgan fingerprint density at radius 1 is 1.20 bits per heavy atom. The molecule has 1 aromatic rings. The first-order valence-electron chi connectivity index (χ1n) is 6.93. The van der Waals surface area contributed by atoms with Crippen molar-refractivity contribution >= 4 is 11.6 Å². The highest BCUT2D eigenvalue weighted by atomic mass is 16.5. The first-order valence-corrected chi connectivity index (χ1v) is 6.93. The number of hydrogen-bond donors (Lipinski definition) is 2. The Morgan fingerprint density at radius 2 is 1.95 bits per heavy atom. The number of nitrogens with two attached hydrogens (primary N) is 1. The van der Waals surface area contributed by atoms with E-state index in [1.54, 1.807) is 12.1 Å². The molecule has 1 amide bonds. The number of unbranched alkanes of at least 4 members (excludes halogenated alkanes) is 3. The molecule has 0 aliphatic heterocycles. The van der Waals surface area contributed by atoms with E-state index < -0.39 is 0 Å². The number of methoxy groups -OCH3 is 2. The van der Waals surface area contributed by atoms with Crippen LogP contribution in [-0.2, 0) is 0 Å². The fourth-order valence-corrected chi connectivity index (χ4v) is 1.92. The molecular formula is C15H24N2O3. The van der Waals surface area contributed by atoms with Gasteiger partial charge >= 0.3 is 0 Å². The first-order chi connectivity index (χ1) is 9.63. The highest BCUT2D eigenvalue weighted by Crippen LogP contribution is 2.30. The maximum absolute atomic E-state index is 12.1. The number of anilines is 1. The summed E-state index contributed by atoms with van der Waals surface area (Å²) in [6.07, 6.45) is 4.45. The number of carbonyl (C=O) groups is 1. The van der Waals surface area contributed by atoms with E-state index in [4.69, 9.17) is 15.2 Å². The number of rotatable bonds is 8. The summed E-state index contributed by atoms with van der Waals surface area (Å²) in [5.41, 5.74) is 6.65.